The molecule has 0 aliphatic carbocycles. The van der Waals surface area contributed by atoms with Crippen molar-refractivity contribution in [2.45, 2.75) is 189 Å². The largest absolute Gasteiger partial charge is 0.465 e. The molecule has 4 nitrogen and oxygen atoms in total. The molecular weight excluding hydrogens is 508 g/mol. The molecule has 0 fully saturated rings. The normalized spacial score (nSPS) is 13.7. The van der Waals surface area contributed by atoms with Gasteiger partial charge in [0.25, 0.3) is 0 Å². The molecule has 0 N–H and O–H groups in total. The fourth-order valence-corrected chi connectivity index (χ4v) is 5.69. The number of hydrogen-bond donors (Lipinski definition) is 0. The minimum atomic E-state index is 0.000425. The highest BCUT2D eigenvalue weighted by molar-refractivity contribution is 5.72. The molecule has 3 unspecified atom stereocenters. The molecule has 0 bridgehead atoms. The van der Waals surface area contributed by atoms with Crippen LogP contribution in [0.4, 0.5) is 0 Å². The highest BCUT2D eigenvalue weighted by atomic mass is 16.5. The second-order valence-electron chi connectivity index (χ2n) is 13.1. The van der Waals surface area contributed by atoms with Crippen molar-refractivity contribution in [2.75, 3.05) is 13.2 Å². The Balaban J connectivity index is 3.65. The number of unbranched alkanes of at least 4 members (excludes halogenated alkanes) is 14. The summed E-state index contributed by atoms with van der Waals surface area (Å²) in [5.74, 6) is 1.51. The fourth-order valence-electron chi connectivity index (χ4n) is 5.69. The summed E-state index contributed by atoms with van der Waals surface area (Å²) in [4.78, 5) is 24.7. The van der Waals surface area contributed by atoms with Crippen LogP contribution in [0.15, 0.2) is 0 Å². The Morgan fingerprint density at radius 2 is 0.927 bits per heavy atom. The van der Waals surface area contributed by atoms with Crippen molar-refractivity contribution in [3.8, 4) is 0 Å². The van der Waals surface area contributed by atoms with Gasteiger partial charge in [0, 0.05) is 6.42 Å². The van der Waals surface area contributed by atoms with Crippen molar-refractivity contribution >= 4 is 11.9 Å². The third kappa shape index (κ3) is 24.1. The van der Waals surface area contributed by atoms with Crippen molar-refractivity contribution < 1.29 is 19.1 Å². The lowest BCUT2D eigenvalue weighted by molar-refractivity contribution is -0.152. The van der Waals surface area contributed by atoms with E-state index in [4.69, 9.17) is 9.47 Å². The van der Waals surface area contributed by atoms with Crippen molar-refractivity contribution in [1.82, 2.24) is 0 Å². The van der Waals surface area contributed by atoms with Crippen molar-refractivity contribution in [3.05, 3.63) is 0 Å². The highest BCUT2D eigenvalue weighted by Gasteiger charge is 2.24. The number of carbonyl (C=O) groups excluding carboxylic acids is 2. The van der Waals surface area contributed by atoms with Crippen LogP contribution in [0.1, 0.15) is 189 Å². The third-order valence-electron chi connectivity index (χ3n) is 9.03. The molecule has 0 amide bonds. The summed E-state index contributed by atoms with van der Waals surface area (Å²) in [7, 11) is 0. The minimum absolute atomic E-state index is 0.000425. The summed E-state index contributed by atoms with van der Waals surface area (Å²) >= 11 is 0. The molecule has 0 aromatic rings. The van der Waals surface area contributed by atoms with E-state index in [0.29, 0.717) is 37.4 Å². The van der Waals surface area contributed by atoms with Gasteiger partial charge in [0.15, 0.2) is 0 Å². The van der Waals surface area contributed by atoms with Gasteiger partial charge in [-0.15, -0.1) is 0 Å². The summed E-state index contributed by atoms with van der Waals surface area (Å²) in [6.07, 6.45) is 27.3. The average Bonchev–Trinajstić information content (AvgIpc) is 2.96. The number of hydrogen-bond acceptors (Lipinski definition) is 4. The van der Waals surface area contributed by atoms with Crippen LogP contribution < -0.4 is 0 Å². The van der Waals surface area contributed by atoms with Crippen LogP contribution in [-0.2, 0) is 19.1 Å². The maximum Gasteiger partial charge on any atom is 0.309 e. The molecule has 41 heavy (non-hydrogen) atoms. The van der Waals surface area contributed by atoms with Crippen LogP contribution in [0.3, 0.4) is 0 Å². The van der Waals surface area contributed by atoms with E-state index in [1.165, 1.54) is 103 Å². The molecule has 0 aromatic carbocycles. The van der Waals surface area contributed by atoms with E-state index in [2.05, 4.69) is 41.5 Å². The van der Waals surface area contributed by atoms with Gasteiger partial charge in [-0.25, -0.2) is 0 Å². The lowest BCUT2D eigenvalue weighted by Crippen LogP contribution is -2.25. The first-order valence-corrected chi connectivity index (χ1v) is 18.2. The molecule has 0 aromatic heterocycles. The van der Waals surface area contributed by atoms with E-state index in [1.54, 1.807) is 0 Å². The van der Waals surface area contributed by atoms with Gasteiger partial charge in [0.2, 0.25) is 0 Å². The van der Waals surface area contributed by atoms with E-state index in [1.807, 2.05) is 0 Å². The SMILES string of the molecule is CCCCC(CC)COC(=O)CCCCCCCCCCCCCCCC(C(=O)OCC(CC)CCCC)C(C)C. The molecular formula is C37H72O4. The Morgan fingerprint density at radius 3 is 1.34 bits per heavy atom. The second kappa shape index (κ2) is 29.0. The summed E-state index contributed by atoms with van der Waals surface area (Å²) in [5, 5.41) is 0. The molecule has 0 radical (unpaired) electrons. The molecule has 244 valence electrons. The molecule has 0 heterocycles. The molecule has 4 heteroatoms. The number of esters is 2. The molecule has 0 saturated heterocycles. The maximum absolute atomic E-state index is 12.7. The Hall–Kier alpha value is -1.06. The van der Waals surface area contributed by atoms with Gasteiger partial charge in [-0.2, -0.15) is 0 Å². The van der Waals surface area contributed by atoms with Crippen molar-refractivity contribution in [1.29, 1.82) is 0 Å². The molecule has 0 rings (SSSR count). The second-order valence-corrected chi connectivity index (χ2v) is 13.1. The Labute approximate surface area is 256 Å². The topological polar surface area (TPSA) is 52.6 Å². The van der Waals surface area contributed by atoms with E-state index in [9.17, 15) is 9.59 Å². The van der Waals surface area contributed by atoms with E-state index < -0.39 is 0 Å². The summed E-state index contributed by atoms with van der Waals surface area (Å²) in [6.45, 7) is 14.4. The van der Waals surface area contributed by atoms with Crippen molar-refractivity contribution in [3.63, 3.8) is 0 Å². The van der Waals surface area contributed by atoms with E-state index >= 15 is 0 Å². The van der Waals surface area contributed by atoms with Crippen LogP contribution in [0.5, 0.6) is 0 Å². The third-order valence-corrected chi connectivity index (χ3v) is 9.03. The van der Waals surface area contributed by atoms with Gasteiger partial charge in [0.05, 0.1) is 19.1 Å². The predicted molar refractivity (Wildman–Crippen MR) is 176 cm³/mol. The molecule has 0 aliphatic heterocycles. The first kappa shape index (κ1) is 39.9. The number of rotatable bonds is 30. The Kier molecular flexibility index (Phi) is 28.3. The Morgan fingerprint density at radius 1 is 0.512 bits per heavy atom. The van der Waals surface area contributed by atoms with E-state index in [-0.39, 0.29) is 17.9 Å². The molecule has 0 spiro atoms. The summed E-state index contributed by atoms with van der Waals surface area (Å²) in [5.41, 5.74) is 0. The van der Waals surface area contributed by atoms with Crippen LogP contribution in [0.25, 0.3) is 0 Å². The monoisotopic (exact) mass is 581 g/mol. The smallest absolute Gasteiger partial charge is 0.309 e. The van der Waals surface area contributed by atoms with Crippen LogP contribution in [0.2, 0.25) is 0 Å². The summed E-state index contributed by atoms with van der Waals surface area (Å²) < 4.78 is 11.3. The van der Waals surface area contributed by atoms with Crippen LogP contribution >= 0.6 is 0 Å². The minimum Gasteiger partial charge on any atom is -0.465 e. The standard InChI is InChI=1S/C37H72O4/c1-7-11-26-33(9-3)30-40-36(38)29-25-23-21-19-17-15-13-14-16-18-20-22-24-28-35(32(5)6)37(39)41-31-34(10-4)27-12-8-2/h32-35H,7-31H2,1-6H3. The van der Waals surface area contributed by atoms with Crippen LogP contribution in [0, 0.1) is 23.7 Å². The zero-order valence-electron chi connectivity index (χ0n) is 28.6. The lowest BCUT2D eigenvalue weighted by Gasteiger charge is -2.21. The lowest BCUT2D eigenvalue weighted by atomic mass is 9.90. The fraction of sp³-hybridized carbons (Fsp3) is 0.946. The quantitative estimate of drug-likeness (QED) is 0.0626. The van der Waals surface area contributed by atoms with Crippen molar-refractivity contribution in [2.24, 2.45) is 23.7 Å². The van der Waals surface area contributed by atoms with Gasteiger partial charge in [-0.3, -0.25) is 9.59 Å². The zero-order chi connectivity index (χ0) is 30.6. The highest BCUT2D eigenvalue weighted by Crippen LogP contribution is 2.23. The molecule has 0 saturated carbocycles. The van der Waals surface area contributed by atoms with Gasteiger partial charge >= 0.3 is 11.9 Å². The van der Waals surface area contributed by atoms with Gasteiger partial charge in [-0.05, 0) is 43.4 Å². The van der Waals surface area contributed by atoms with Crippen LogP contribution in [-0.4, -0.2) is 25.2 Å². The van der Waals surface area contributed by atoms with Gasteiger partial charge in [0.1, 0.15) is 0 Å². The average molecular weight is 581 g/mol. The number of ether oxygens (including phenoxy) is 2. The first-order valence-electron chi connectivity index (χ1n) is 18.2. The molecule has 3 atom stereocenters. The van der Waals surface area contributed by atoms with Gasteiger partial charge < -0.3 is 9.47 Å². The Bertz CT molecular complexity index is 587. The predicted octanol–water partition coefficient (Wildman–Crippen LogP) is 11.6. The maximum atomic E-state index is 12.7. The summed E-state index contributed by atoms with van der Waals surface area (Å²) in [6, 6.07) is 0. The number of carbonyl (C=O) groups is 2. The molecule has 0 aliphatic rings. The van der Waals surface area contributed by atoms with E-state index in [0.717, 1.165) is 38.5 Å². The first-order chi connectivity index (χ1) is 19.9. The van der Waals surface area contributed by atoms with Gasteiger partial charge in [-0.1, -0.05) is 157 Å². The zero-order valence-corrected chi connectivity index (χ0v) is 28.6.